The smallest absolute Gasteiger partial charge is 0.371 e. The minimum absolute atomic E-state index is 0.0605. The number of halogens is 4. The number of anilines is 1. The number of hydrogen-bond acceptors (Lipinski definition) is 3. The lowest BCUT2D eigenvalue weighted by molar-refractivity contribution is -0.137. The van der Waals surface area contributed by atoms with Crippen LogP contribution in [0, 0.1) is 5.92 Å². The van der Waals surface area contributed by atoms with Crippen LogP contribution in [0.4, 0.5) is 18.9 Å². The number of rotatable bonds is 2. The van der Waals surface area contributed by atoms with Crippen molar-refractivity contribution in [1.82, 2.24) is 9.80 Å². The average molecular weight is 376 g/mol. The van der Waals surface area contributed by atoms with Crippen molar-refractivity contribution in [3.8, 4) is 0 Å². The number of alkyl halides is 3. The molecule has 2 amide bonds. The molecule has 0 aromatic heterocycles. The quantitative estimate of drug-likeness (QED) is 0.797. The first kappa shape index (κ1) is 17.8. The maximum absolute atomic E-state index is 13.0. The monoisotopic (exact) mass is 375 g/mol. The van der Waals surface area contributed by atoms with Crippen molar-refractivity contribution < 1.29 is 22.8 Å². The molecule has 2 aliphatic rings. The summed E-state index contributed by atoms with van der Waals surface area (Å²) in [6.07, 6.45) is -3.99. The minimum Gasteiger partial charge on any atom is -0.371 e. The summed E-state index contributed by atoms with van der Waals surface area (Å²) >= 11 is 5.64. The van der Waals surface area contributed by atoms with Crippen molar-refractivity contribution in [1.29, 1.82) is 0 Å². The number of benzene rings is 1. The Kier molecular flexibility index (Phi) is 4.57. The minimum atomic E-state index is -4.53. The fourth-order valence-electron chi connectivity index (χ4n) is 3.20. The van der Waals surface area contributed by atoms with Crippen LogP contribution in [-0.4, -0.2) is 55.0 Å². The van der Waals surface area contributed by atoms with E-state index in [4.69, 9.17) is 11.6 Å². The molecule has 0 bridgehead atoms. The molecule has 5 nitrogen and oxygen atoms in total. The number of likely N-dealkylation sites (N-methyl/N-ethyl adjacent to an activating group) is 1. The molecule has 1 atom stereocenters. The molecule has 0 N–H and O–H groups in total. The van der Waals surface area contributed by atoms with Crippen LogP contribution in [0.2, 0.25) is 5.02 Å². The summed E-state index contributed by atoms with van der Waals surface area (Å²) in [6, 6.07) is 3.77. The molecule has 2 aliphatic heterocycles. The van der Waals surface area contributed by atoms with E-state index in [2.05, 4.69) is 0 Å². The molecule has 1 aromatic rings. The van der Waals surface area contributed by atoms with Crippen LogP contribution in [0.3, 0.4) is 0 Å². The molecule has 1 unspecified atom stereocenters. The second-order valence-electron chi connectivity index (χ2n) is 6.36. The van der Waals surface area contributed by atoms with E-state index in [-0.39, 0.29) is 36.0 Å². The first-order valence-electron chi connectivity index (χ1n) is 7.81. The number of amides is 2. The van der Waals surface area contributed by atoms with Crippen molar-refractivity contribution >= 4 is 29.1 Å². The number of carbonyl (C=O) groups excluding carboxylic acids is 2. The predicted molar refractivity (Wildman–Crippen MR) is 86.1 cm³/mol. The van der Waals surface area contributed by atoms with Crippen molar-refractivity contribution in [3.63, 3.8) is 0 Å². The molecule has 3 rings (SSSR count). The number of nitrogens with zero attached hydrogens (tertiary/aromatic N) is 3. The Labute approximate surface area is 147 Å². The van der Waals surface area contributed by atoms with Gasteiger partial charge in [0.05, 0.1) is 23.2 Å². The highest BCUT2D eigenvalue weighted by atomic mass is 35.5. The van der Waals surface area contributed by atoms with Gasteiger partial charge in [0.1, 0.15) is 6.54 Å². The zero-order valence-electron chi connectivity index (χ0n) is 13.5. The Morgan fingerprint density at radius 1 is 1.32 bits per heavy atom. The topological polar surface area (TPSA) is 43.9 Å². The van der Waals surface area contributed by atoms with Gasteiger partial charge in [0.15, 0.2) is 0 Å². The van der Waals surface area contributed by atoms with Crippen LogP contribution >= 0.6 is 11.6 Å². The Balaban J connectivity index is 1.71. The van der Waals surface area contributed by atoms with Gasteiger partial charge in [-0.2, -0.15) is 13.2 Å². The van der Waals surface area contributed by atoms with Gasteiger partial charge in [-0.1, -0.05) is 11.6 Å². The third-order valence-electron chi connectivity index (χ3n) is 4.60. The van der Waals surface area contributed by atoms with Gasteiger partial charge >= 0.3 is 6.18 Å². The molecule has 136 valence electrons. The van der Waals surface area contributed by atoms with Gasteiger partial charge in [-0.25, -0.2) is 0 Å². The predicted octanol–water partition coefficient (Wildman–Crippen LogP) is 2.44. The maximum Gasteiger partial charge on any atom is 0.417 e. The van der Waals surface area contributed by atoms with E-state index in [1.54, 1.807) is 11.9 Å². The summed E-state index contributed by atoms with van der Waals surface area (Å²) in [4.78, 5) is 28.8. The zero-order chi connectivity index (χ0) is 18.4. The van der Waals surface area contributed by atoms with Crippen LogP contribution < -0.4 is 4.90 Å². The van der Waals surface area contributed by atoms with Crippen LogP contribution in [-0.2, 0) is 15.8 Å². The first-order valence-corrected chi connectivity index (χ1v) is 8.19. The first-order chi connectivity index (χ1) is 11.7. The SMILES string of the molecule is CN1CN(C(=O)C2CCN(c3ccc(Cl)c(C(F)(F)F)c3)C2)CC1=O. The van der Waals surface area contributed by atoms with E-state index in [1.165, 1.54) is 21.9 Å². The van der Waals surface area contributed by atoms with Crippen molar-refractivity contribution in [2.75, 3.05) is 38.3 Å². The molecule has 2 fully saturated rings. The van der Waals surface area contributed by atoms with Crippen LogP contribution in [0.15, 0.2) is 18.2 Å². The second kappa shape index (κ2) is 6.40. The van der Waals surface area contributed by atoms with Crippen molar-refractivity contribution in [3.05, 3.63) is 28.8 Å². The third-order valence-corrected chi connectivity index (χ3v) is 4.93. The lowest BCUT2D eigenvalue weighted by atomic mass is 10.1. The molecule has 0 saturated carbocycles. The molecule has 9 heteroatoms. The van der Waals surface area contributed by atoms with Crippen molar-refractivity contribution in [2.45, 2.75) is 12.6 Å². The van der Waals surface area contributed by atoms with Gasteiger partial charge in [-0.3, -0.25) is 9.59 Å². The van der Waals surface area contributed by atoms with E-state index < -0.39 is 11.7 Å². The molecule has 1 aromatic carbocycles. The molecule has 0 aliphatic carbocycles. The molecule has 25 heavy (non-hydrogen) atoms. The van der Waals surface area contributed by atoms with E-state index in [9.17, 15) is 22.8 Å². The van der Waals surface area contributed by atoms with E-state index in [0.717, 1.165) is 6.07 Å². The molecule has 2 heterocycles. The highest BCUT2D eigenvalue weighted by molar-refractivity contribution is 6.31. The summed E-state index contributed by atoms with van der Waals surface area (Å²) in [5.41, 5.74) is -0.491. The Hall–Kier alpha value is -1.96. The lowest BCUT2D eigenvalue weighted by Crippen LogP contribution is -2.36. The molecule has 0 spiro atoms. The Bertz CT molecular complexity index is 710. The highest BCUT2D eigenvalue weighted by Gasteiger charge is 2.37. The average Bonchev–Trinajstić information content (AvgIpc) is 3.14. The summed E-state index contributed by atoms with van der Waals surface area (Å²) in [5.74, 6) is -0.578. The summed E-state index contributed by atoms with van der Waals surface area (Å²) in [7, 11) is 1.63. The highest BCUT2D eigenvalue weighted by Crippen LogP contribution is 2.38. The second-order valence-corrected chi connectivity index (χ2v) is 6.77. The van der Waals surface area contributed by atoms with Crippen LogP contribution in [0.1, 0.15) is 12.0 Å². The third kappa shape index (κ3) is 3.53. The van der Waals surface area contributed by atoms with Gasteiger partial charge < -0.3 is 14.7 Å². The van der Waals surface area contributed by atoms with Crippen LogP contribution in [0.25, 0.3) is 0 Å². The van der Waals surface area contributed by atoms with E-state index in [1.807, 2.05) is 0 Å². The molecular weight excluding hydrogens is 359 g/mol. The standard InChI is InChI=1S/C16H17ClF3N3O2/c1-21-9-23(8-14(21)24)15(25)10-4-5-22(7-10)11-2-3-13(17)12(6-11)16(18,19)20/h2-3,6,10H,4-5,7-9H2,1H3. The number of carbonyl (C=O) groups is 2. The van der Waals surface area contributed by atoms with Gasteiger partial charge in [0.25, 0.3) is 0 Å². The molecule has 0 radical (unpaired) electrons. The largest absolute Gasteiger partial charge is 0.417 e. The molecule has 2 saturated heterocycles. The normalized spacial score (nSPS) is 21.4. The fourth-order valence-corrected chi connectivity index (χ4v) is 3.42. The summed E-state index contributed by atoms with van der Waals surface area (Å²) in [6.45, 7) is 1.12. The number of hydrogen-bond donors (Lipinski definition) is 0. The molecular formula is C16H17ClF3N3O2. The van der Waals surface area contributed by atoms with Crippen LogP contribution in [0.5, 0.6) is 0 Å². The van der Waals surface area contributed by atoms with E-state index in [0.29, 0.717) is 25.2 Å². The van der Waals surface area contributed by atoms with E-state index >= 15 is 0 Å². The van der Waals surface area contributed by atoms with Gasteiger partial charge in [0, 0.05) is 25.8 Å². The fraction of sp³-hybridized carbons (Fsp3) is 0.500. The van der Waals surface area contributed by atoms with Crippen molar-refractivity contribution in [2.24, 2.45) is 5.92 Å². The maximum atomic E-state index is 13.0. The van der Waals surface area contributed by atoms with Gasteiger partial charge in [0.2, 0.25) is 11.8 Å². The summed E-state index contributed by atoms with van der Waals surface area (Å²) < 4.78 is 39.0. The summed E-state index contributed by atoms with van der Waals surface area (Å²) in [5, 5.41) is -0.346. The van der Waals surface area contributed by atoms with Gasteiger partial charge in [-0.15, -0.1) is 0 Å². The Morgan fingerprint density at radius 2 is 2.04 bits per heavy atom. The lowest BCUT2D eigenvalue weighted by Gasteiger charge is -2.22. The van der Waals surface area contributed by atoms with Gasteiger partial charge in [-0.05, 0) is 24.6 Å². The zero-order valence-corrected chi connectivity index (χ0v) is 14.3. The Morgan fingerprint density at radius 3 is 2.64 bits per heavy atom.